The quantitative estimate of drug-likeness (QED) is 0.928. The Balaban J connectivity index is 2.26. The number of hydrogen-bond donors (Lipinski definition) is 1. The van der Waals surface area contributed by atoms with Crippen molar-refractivity contribution in [3.05, 3.63) is 63.9 Å². The van der Waals surface area contributed by atoms with E-state index in [2.05, 4.69) is 4.98 Å². The molecule has 0 aliphatic rings. The smallest absolute Gasteiger partial charge is 0.0627 e. The maximum absolute atomic E-state index is 6.23. The van der Waals surface area contributed by atoms with Crippen LogP contribution in [0.3, 0.4) is 0 Å². The summed E-state index contributed by atoms with van der Waals surface area (Å²) in [5.74, 6) is 0.153. The molecular weight excluding hydrogens is 267 g/mol. The molecule has 1 heterocycles. The first-order valence-electron chi connectivity index (χ1n) is 5.75. The van der Waals surface area contributed by atoms with Crippen molar-refractivity contribution in [1.82, 2.24) is 4.98 Å². The third-order valence-electron chi connectivity index (χ3n) is 2.91. The molecule has 0 radical (unpaired) electrons. The summed E-state index contributed by atoms with van der Waals surface area (Å²) < 4.78 is 0. The minimum absolute atomic E-state index is 0.153. The van der Waals surface area contributed by atoms with Crippen LogP contribution in [0.25, 0.3) is 0 Å². The Bertz CT molecular complexity index is 514. The van der Waals surface area contributed by atoms with Crippen LogP contribution in [0, 0.1) is 0 Å². The van der Waals surface area contributed by atoms with Crippen LogP contribution in [-0.2, 0) is 6.42 Å². The highest BCUT2D eigenvalue weighted by molar-refractivity contribution is 6.42. The molecule has 0 spiro atoms. The molecule has 1 aromatic carbocycles. The Morgan fingerprint density at radius 2 is 2.00 bits per heavy atom. The van der Waals surface area contributed by atoms with E-state index in [0.717, 1.165) is 17.5 Å². The van der Waals surface area contributed by atoms with Crippen LogP contribution >= 0.6 is 23.2 Å². The molecule has 0 aliphatic heterocycles. The molecule has 4 heteroatoms. The van der Waals surface area contributed by atoms with Crippen LogP contribution in [0.2, 0.25) is 10.0 Å². The van der Waals surface area contributed by atoms with Crippen LogP contribution in [0.1, 0.15) is 17.0 Å². The molecule has 2 rings (SSSR count). The van der Waals surface area contributed by atoms with E-state index in [-0.39, 0.29) is 5.92 Å². The number of benzene rings is 1. The molecule has 2 N–H and O–H groups in total. The fourth-order valence-corrected chi connectivity index (χ4v) is 2.42. The van der Waals surface area contributed by atoms with Crippen LogP contribution in [-0.4, -0.2) is 11.5 Å². The van der Waals surface area contributed by atoms with E-state index in [4.69, 9.17) is 28.9 Å². The summed E-state index contributed by atoms with van der Waals surface area (Å²) in [4.78, 5) is 4.11. The molecule has 0 saturated carbocycles. The molecule has 1 aromatic heterocycles. The fourth-order valence-electron chi connectivity index (χ4n) is 1.96. The summed E-state index contributed by atoms with van der Waals surface area (Å²) in [6.07, 6.45) is 4.42. The average molecular weight is 281 g/mol. The molecule has 94 valence electrons. The van der Waals surface area contributed by atoms with Crippen molar-refractivity contribution in [1.29, 1.82) is 0 Å². The van der Waals surface area contributed by atoms with Gasteiger partial charge in [-0.3, -0.25) is 4.98 Å². The van der Waals surface area contributed by atoms with E-state index in [1.54, 1.807) is 12.3 Å². The van der Waals surface area contributed by atoms with Crippen LogP contribution in [0.15, 0.2) is 42.7 Å². The maximum atomic E-state index is 6.23. The van der Waals surface area contributed by atoms with E-state index in [0.29, 0.717) is 16.6 Å². The van der Waals surface area contributed by atoms with Gasteiger partial charge >= 0.3 is 0 Å². The lowest BCUT2D eigenvalue weighted by molar-refractivity contribution is 0.693. The predicted octanol–water partition coefficient (Wildman–Crippen LogP) is 3.67. The van der Waals surface area contributed by atoms with Gasteiger partial charge in [0.1, 0.15) is 0 Å². The largest absolute Gasteiger partial charge is 0.330 e. The number of nitrogens with two attached hydrogens (primary N) is 1. The summed E-state index contributed by atoms with van der Waals surface area (Å²) in [5.41, 5.74) is 7.99. The predicted molar refractivity (Wildman–Crippen MR) is 76.2 cm³/mol. The second-order valence-corrected chi connectivity index (χ2v) is 4.93. The highest BCUT2D eigenvalue weighted by atomic mass is 35.5. The number of hydrogen-bond acceptors (Lipinski definition) is 2. The number of nitrogens with zero attached hydrogens (tertiary/aromatic N) is 1. The normalized spacial score (nSPS) is 12.4. The topological polar surface area (TPSA) is 38.9 Å². The number of rotatable bonds is 4. The zero-order chi connectivity index (χ0) is 13.0. The molecule has 1 unspecified atom stereocenters. The van der Waals surface area contributed by atoms with Gasteiger partial charge in [-0.2, -0.15) is 0 Å². The number of pyridine rings is 1. The molecule has 0 fully saturated rings. The fraction of sp³-hybridized carbons (Fsp3) is 0.214. The third-order valence-corrected chi connectivity index (χ3v) is 3.74. The molecule has 2 aromatic rings. The SMILES string of the molecule is NCC(Cc1cccnc1)c1cccc(Cl)c1Cl. The van der Waals surface area contributed by atoms with Gasteiger partial charge < -0.3 is 5.73 Å². The van der Waals surface area contributed by atoms with Crippen LogP contribution < -0.4 is 5.73 Å². The summed E-state index contributed by atoms with van der Waals surface area (Å²) >= 11 is 12.3. The van der Waals surface area contributed by atoms with E-state index >= 15 is 0 Å². The van der Waals surface area contributed by atoms with Gasteiger partial charge in [-0.05, 0) is 36.2 Å². The van der Waals surface area contributed by atoms with Gasteiger partial charge in [0.25, 0.3) is 0 Å². The second-order valence-electron chi connectivity index (χ2n) is 4.14. The lowest BCUT2D eigenvalue weighted by atomic mass is 9.92. The average Bonchev–Trinajstić information content (AvgIpc) is 2.41. The Labute approximate surface area is 117 Å². The molecule has 1 atom stereocenters. The van der Waals surface area contributed by atoms with Crippen molar-refractivity contribution < 1.29 is 0 Å². The lowest BCUT2D eigenvalue weighted by Crippen LogP contribution is -2.15. The number of halogens is 2. The molecule has 0 bridgehead atoms. The highest BCUT2D eigenvalue weighted by Crippen LogP contribution is 2.32. The van der Waals surface area contributed by atoms with Crippen molar-refractivity contribution in [2.24, 2.45) is 5.73 Å². The molecular formula is C14H14Cl2N2. The molecule has 18 heavy (non-hydrogen) atoms. The minimum atomic E-state index is 0.153. The van der Waals surface area contributed by atoms with Gasteiger partial charge in [0.05, 0.1) is 10.0 Å². The number of aromatic nitrogens is 1. The zero-order valence-electron chi connectivity index (χ0n) is 9.81. The van der Waals surface area contributed by atoms with Crippen molar-refractivity contribution in [3.63, 3.8) is 0 Å². The Kier molecular flexibility index (Phi) is 4.59. The van der Waals surface area contributed by atoms with Gasteiger partial charge in [-0.15, -0.1) is 0 Å². The van der Waals surface area contributed by atoms with Gasteiger partial charge in [-0.25, -0.2) is 0 Å². The van der Waals surface area contributed by atoms with Crippen molar-refractivity contribution in [2.75, 3.05) is 6.54 Å². The van der Waals surface area contributed by atoms with Gasteiger partial charge in [-0.1, -0.05) is 41.4 Å². The highest BCUT2D eigenvalue weighted by Gasteiger charge is 2.15. The van der Waals surface area contributed by atoms with Gasteiger partial charge in [0, 0.05) is 18.3 Å². The first-order chi connectivity index (χ1) is 8.72. The summed E-state index contributed by atoms with van der Waals surface area (Å²) in [6.45, 7) is 0.523. The Morgan fingerprint density at radius 3 is 2.67 bits per heavy atom. The molecule has 0 saturated heterocycles. The van der Waals surface area contributed by atoms with Crippen LogP contribution in [0.5, 0.6) is 0 Å². The first kappa shape index (κ1) is 13.3. The van der Waals surface area contributed by atoms with E-state index < -0.39 is 0 Å². The summed E-state index contributed by atoms with van der Waals surface area (Å²) in [6, 6.07) is 9.61. The third kappa shape index (κ3) is 3.02. The van der Waals surface area contributed by atoms with Crippen molar-refractivity contribution in [2.45, 2.75) is 12.3 Å². The van der Waals surface area contributed by atoms with Crippen molar-refractivity contribution >= 4 is 23.2 Å². The molecule has 0 amide bonds. The standard InChI is InChI=1S/C14H14Cl2N2/c15-13-5-1-4-12(14(13)16)11(8-17)7-10-3-2-6-18-9-10/h1-6,9,11H,7-8,17H2. The second kappa shape index (κ2) is 6.19. The first-order valence-corrected chi connectivity index (χ1v) is 6.51. The Hall–Kier alpha value is -1.09. The van der Waals surface area contributed by atoms with Gasteiger partial charge in [0.15, 0.2) is 0 Å². The Morgan fingerprint density at radius 1 is 1.17 bits per heavy atom. The van der Waals surface area contributed by atoms with Gasteiger partial charge in [0.2, 0.25) is 0 Å². The van der Waals surface area contributed by atoms with E-state index in [1.165, 1.54) is 0 Å². The van der Waals surface area contributed by atoms with E-state index in [9.17, 15) is 0 Å². The summed E-state index contributed by atoms with van der Waals surface area (Å²) in [5, 5.41) is 1.16. The lowest BCUT2D eigenvalue weighted by Gasteiger charge is -2.17. The maximum Gasteiger partial charge on any atom is 0.0627 e. The van der Waals surface area contributed by atoms with Crippen molar-refractivity contribution in [3.8, 4) is 0 Å². The monoisotopic (exact) mass is 280 g/mol. The van der Waals surface area contributed by atoms with E-state index in [1.807, 2.05) is 30.5 Å². The molecule has 2 nitrogen and oxygen atoms in total. The minimum Gasteiger partial charge on any atom is -0.330 e. The molecule has 0 aliphatic carbocycles. The summed E-state index contributed by atoms with van der Waals surface area (Å²) in [7, 11) is 0. The zero-order valence-corrected chi connectivity index (χ0v) is 11.3. The van der Waals surface area contributed by atoms with Crippen LogP contribution in [0.4, 0.5) is 0 Å².